The highest BCUT2D eigenvalue weighted by Gasteiger charge is 2.26. The van der Waals surface area contributed by atoms with Crippen LogP contribution in [0.4, 0.5) is 0 Å². The van der Waals surface area contributed by atoms with Crippen molar-refractivity contribution in [2.24, 2.45) is 5.73 Å². The van der Waals surface area contributed by atoms with Gasteiger partial charge in [-0.15, -0.1) is 0 Å². The molecule has 0 bridgehead atoms. The molecule has 0 aromatic rings. The van der Waals surface area contributed by atoms with Gasteiger partial charge in [-0.05, 0) is 38.8 Å². The number of piperidine rings is 2. The molecule has 100 valence electrons. The number of nitrogens with two attached hydrogens (primary N) is 1. The van der Waals surface area contributed by atoms with Gasteiger partial charge in [-0.3, -0.25) is 0 Å². The zero-order valence-corrected chi connectivity index (χ0v) is 11.3. The topological polar surface area (TPSA) is 35.7 Å². The summed E-state index contributed by atoms with van der Waals surface area (Å²) >= 11 is 0. The van der Waals surface area contributed by atoms with Gasteiger partial charge in [0, 0.05) is 39.3 Å². The fourth-order valence-electron chi connectivity index (χ4n) is 3.12. The maximum atomic E-state index is 5.61. The summed E-state index contributed by atoms with van der Waals surface area (Å²) in [6.45, 7) is 6.84. The van der Waals surface area contributed by atoms with Crippen LogP contribution in [0.1, 0.15) is 32.1 Å². The van der Waals surface area contributed by atoms with E-state index in [1.165, 1.54) is 58.3 Å². The molecule has 2 saturated heterocycles. The predicted octanol–water partition coefficient (Wildman–Crippen LogP) is 0.742. The van der Waals surface area contributed by atoms with Crippen LogP contribution < -0.4 is 5.73 Å². The highest BCUT2D eigenvalue weighted by atomic mass is 15.6. The first-order valence-electron chi connectivity index (χ1n) is 7.21. The van der Waals surface area contributed by atoms with E-state index in [9.17, 15) is 0 Å². The van der Waals surface area contributed by atoms with E-state index in [-0.39, 0.29) is 0 Å². The van der Waals surface area contributed by atoms with E-state index >= 15 is 0 Å². The van der Waals surface area contributed by atoms with Crippen molar-refractivity contribution in [2.75, 3.05) is 46.3 Å². The third-order valence-corrected chi connectivity index (χ3v) is 4.31. The third kappa shape index (κ3) is 3.65. The van der Waals surface area contributed by atoms with Crippen molar-refractivity contribution in [2.45, 2.75) is 38.1 Å². The number of hydrogen-bond donors (Lipinski definition) is 1. The third-order valence-electron chi connectivity index (χ3n) is 4.31. The maximum Gasteiger partial charge on any atom is 0.0267 e. The molecular formula is C13H28N4. The number of hydrogen-bond acceptors (Lipinski definition) is 4. The van der Waals surface area contributed by atoms with Gasteiger partial charge in [0.2, 0.25) is 0 Å². The van der Waals surface area contributed by atoms with Crippen LogP contribution in [0.15, 0.2) is 0 Å². The molecule has 2 aliphatic rings. The summed E-state index contributed by atoms with van der Waals surface area (Å²) in [7, 11) is 2.29. The van der Waals surface area contributed by atoms with Crippen molar-refractivity contribution < 1.29 is 0 Å². The van der Waals surface area contributed by atoms with Gasteiger partial charge in [0.15, 0.2) is 0 Å². The van der Waals surface area contributed by atoms with Crippen molar-refractivity contribution >= 4 is 0 Å². The molecule has 4 nitrogen and oxygen atoms in total. The summed E-state index contributed by atoms with van der Waals surface area (Å²) in [5.74, 6) is 0. The number of nitrogens with zero attached hydrogens (tertiary/aromatic N) is 3. The largest absolute Gasteiger partial charge is 0.329 e. The van der Waals surface area contributed by atoms with Crippen molar-refractivity contribution in [3.8, 4) is 0 Å². The van der Waals surface area contributed by atoms with E-state index in [0.29, 0.717) is 0 Å². The van der Waals surface area contributed by atoms with Crippen molar-refractivity contribution in [3.05, 3.63) is 0 Å². The maximum absolute atomic E-state index is 5.61. The molecule has 17 heavy (non-hydrogen) atoms. The molecule has 0 aromatic heterocycles. The minimum Gasteiger partial charge on any atom is -0.329 e. The molecule has 0 atom stereocenters. The average Bonchev–Trinajstić information content (AvgIpc) is 2.40. The first-order valence-corrected chi connectivity index (χ1v) is 7.21. The molecule has 0 aliphatic carbocycles. The Bertz CT molecular complexity index is 207. The highest BCUT2D eigenvalue weighted by molar-refractivity contribution is 4.78. The van der Waals surface area contributed by atoms with Crippen LogP contribution in [-0.4, -0.2) is 67.3 Å². The Hall–Kier alpha value is -0.160. The summed E-state index contributed by atoms with van der Waals surface area (Å²) in [6.07, 6.45) is 6.76. The fraction of sp³-hybridized carbons (Fsp3) is 1.00. The summed E-state index contributed by atoms with van der Waals surface area (Å²) in [4.78, 5) is 2.50. The molecule has 0 unspecified atom stereocenters. The van der Waals surface area contributed by atoms with Gasteiger partial charge in [0.05, 0.1) is 0 Å². The van der Waals surface area contributed by atoms with E-state index in [1.807, 2.05) is 0 Å². The molecule has 0 amide bonds. The van der Waals surface area contributed by atoms with E-state index < -0.39 is 0 Å². The summed E-state index contributed by atoms with van der Waals surface area (Å²) < 4.78 is 0. The molecule has 0 saturated carbocycles. The van der Waals surface area contributed by atoms with E-state index in [1.54, 1.807) is 0 Å². The Labute approximate surface area is 106 Å². The van der Waals surface area contributed by atoms with Gasteiger partial charge in [-0.1, -0.05) is 6.42 Å². The number of likely N-dealkylation sites (tertiary alicyclic amines) is 1. The average molecular weight is 240 g/mol. The van der Waals surface area contributed by atoms with E-state index in [2.05, 4.69) is 22.0 Å². The quantitative estimate of drug-likeness (QED) is 0.786. The molecule has 2 fully saturated rings. The monoisotopic (exact) mass is 240 g/mol. The molecule has 0 radical (unpaired) electrons. The summed E-state index contributed by atoms with van der Waals surface area (Å²) in [5.41, 5.74) is 5.61. The molecule has 4 heteroatoms. The Morgan fingerprint density at radius 3 is 2.29 bits per heavy atom. The van der Waals surface area contributed by atoms with Crippen LogP contribution in [0.25, 0.3) is 0 Å². The SMILES string of the molecule is CN(C1CCN(CCN)CC1)N1CCCCC1. The van der Waals surface area contributed by atoms with Crippen molar-refractivity contribution in [1.29, 1.82) is 0 Å². The lowest BCUT2D eigenvalue weighted by Crippen LogP contribution is -2.52. The lowest BCUT2D eigenvalue weighted by atomic mass is 10.0. The second kappa shape index (κ2) is 6.69. The molecule has 2 rings (SSSR count). The zero-order valence-electron chi connectivity index (χ0n) is 11.3. The molecular weight excluding hydrogens is 212 g/mol. The summed E-state index contributed by atoms with van der Waals surface area (Å²) in [6, 6.07) is 0.752. The van der Waals surface area contributed by atoms with Gasteiger partial charge in [-0.2, -0.15) is 0 Å². The first-order chi connectivity index (χ1) is 8.31. The Balaban J connectivity index is 1.75. The van der Waals surface area contributed by atoms with Crippen molar-refractivity contribution in [1.82, 2.24) is 14.9 Å². The minimum atomic E-state index is 0.752. The van der Waals surface area contributed by atoms with Crippen molar-refractivity contribution in [3.63, 3.8) is 0 Å². The Morgan fingerprint density at radius 2 is 1.71 bits per heavy atom. The second-order valence-electron chi connectivity index (χ2n) is 5.45. The van der Waals surface area contributed by atoms with Crippen LogP contribution in [0.2, 0.25) is 0 Å². The molecule has 0 spiro atoms. The van der Waals surface area contributed by atoms with Gasteiger partial charge in [0.1, 0.15) is 0 Å². The van der Waals surface area contributed by atoms with E-state index in [4.69, 9.17) is 5.73 Å². The van der Waals surface area contributed by atoms with E-state index in [0.717, 1.165) is 19.1 Å². The predicted molar refractivity (Wildman–Crippen MR) is 71.7 cm³/mol. The van der Waals surface area contributed by atoms with Crippen LogP contribution in [0, 0.1) is 0 Å². The zero-order chi connectivity index (χ0) is 12.1. The molecule has 2 N–H and O–H groups in total. The lowest BCUT2D eigenvalue weighted by Gasteiger charge is -2.43. The first kappa shape index (κ1) is 13.3. The van der Waals surface area contributed by atoms with Crippen LogP contribution >= 0.6 is 0 Å². The Kier molecular flexibility index (Phi) is 5.22. The Morgan fingerprint density at radius 1 is 1.06 bits per heavy atom. The van der Waals surface area contributed by atoms with Gasteiger partial charge < -0.3 is 10.6 Å². The second-order valence-corrected chi connectivity index (χ2v) is 5.45. The van der Waals surface area contributed by atoms with Crippen LogP contribution in [0.3, 0.4) is 0 Å². The number of hydrazine groups is 1. The molecule has 2 heterocycles. The molecule has 0 aromatic carbocycles. The van der Waals surface area contributed by atoms with Gasteiger partial charge in [0.25, 0.3) is 0 Å². The fourth-order valence-corrected chi connectivity index (χ4v) is 3.12. The standard InChI is InChI=1S/C13H28N4/c1-15(17-8-3-2-4-9-17)13-5-10-16(11-6-13)12-7-14/h13H,2-12,14H2,1H3. The van der Waals surface area contributed by atoms with Crippen LogP contribution in [0.5, 0.6) is 0 Å². The smallest absolute Gasteiger partial charge is 0.0267 e. The lowest BCUT2D eigenvalue weighted by molar-refractivity contribution is -0.0662. The minimum absolute atomic E-state index is 0.752. The van der Waals surface area contributed by atoms with Crippen LogP contribution in [-0.2, 0) is 0 Å². The van der Waals surface area contributed by atoms with Gasteiger partial charge in [-0.25, -0.2) is 10.0 Å². The van der Waals surface area contributed by atoms with Gasteiger partial charge >= 0.3 is 0 Å². The highest BCUT2D eigenvalue weighted by Crippen LogP contribution is 2.19. The normalized spacial score (nSPS) is 25.6. The molecule has 2 aliphatic heterocycles. The number of rotatable bonds is 4. The summed E-state index contributed by atoms with van der Waals surface area (Å²) in [5, 5.41) is 5.09.